The Bertz CT molecular complexity index is 2220. The molecule has 3 saturated heterocycles. The number of ether oxygens (including phenoxy) is 1. The van der Waals surface area contributed by atoms with Crippen molar-refractivity contribution in [3.63, 3.8) is 0 Å². The first-order valence-electron chi connectivity index (χ1n) is 21.1. The number of fused-ring (bicyclic) bond motifs is 1. The summed E-state index contributed by atoms with van der Waals surface area (Å²) >= 11 is 0. The Hall–Kier alpha value is -6.00. The number of piperazine rings is 1. The molecule has 3 heterocycles. The second-order valence-electron chi connectivity index (χ2n) is 16.2. The minimum Gasteiger partial charge on any atom is -0.445 e. The minimum atomic E-state index is -0.872. The van der Waals surface area contributed by atoms with Crippen LogP contribution in [-0.2, 0) is 38.7 Å². The van der Waals surface area contributed by atoms with Crippen LogP contribution < -0.4 is 10.6 Å². The zero-order valence-corrected chi connectivity index (χ0v) is 33.5. The highest BCUT2D eigenvalue weighted by atomic mass is 16.6. The van der Waals surface area contributed by atoms with Crippen LogP contribution >= 0.6 is 0 Å². The van der Waals surface area contributed by atoms with Gasteiger partial charge in [-0.15, -0.1) is 0 Å². The average molecular weight is 792 g/mol. The molecule has 3 aliphatic rings. The van der Waals surface area contributed by atoms with Gasteiger partial charge in [0.2, 0.25) is 17.7 Å². The molecule has 59 heavy (non-hydrogen) atoms. The summed E-state index contributed by atoms with van der Waals surface area (Å²) in [5, 5.41) is 8.65. The predicted octanol–water partition coefficient (Wildman–Crippen LogP) is 6.82. The molecule has 10 heteroatoms. The molecule has 10 nitrogen and oxygen atoms in total. The fourth-order valence-corrected chi connectivity index (χ4v) is 8.77. The number of piperidine rings is 2. The molecule has 0 aromatic heterocycles. The van der Waals surface area contributed by atoms with Crippen LogP contribution in [0.3, 0.4) is 0 Å². The Balaban J connectivity index is 1.01. The summed E-state index contributed by atoms with van der Waals surface area (Å²) in [6, 6.07) is 40.6. The van der Waals surface area contributed by atoms with Crippen molar-refractivity contribution in [1.82, 2.24) is 25.3 Å². The lowest BCUT2D eigenvalue weighted by Crippen LogP contribution is -2.66. The van der Waals surface area contributed by atoms with E-state index in [1.54, 1.807) is 9.80 Å². The van der Waals surface area contributed by atoms with E-state index in [0.717, 1.165) is 64.5 Å². The van der Waals surface area contributed by atoms with Gasteiger partial charge in [-0.1, -0.05) is 127 Å². The second-order valence-corrected chi connectivity index (χ2v) is 16.2. The summed E-state index contributed by atoms with van der Waals surface area (Å²) < 4.78 is 5.61. The fraction of sp³-hybridized carbons (Fsp3) is 0.347. The number of rotatable bonds is 12. The van der Waals surface area contributed by atoms with Crippen LogP contribution in [0.25, 0.3) is 21.9 Å². The molecule has 0 bridgehead atoms. The summed E-state index contributed by atoms with van der Waals surface area (Å²) in [5.74, 6) is -0.420. The zero-order chi connectivity index (χ0) is 40.6. The molecule has 3 fully saturated rings. The first-order chi connectivity index (χ1) is 28.9. The van der Waals surface area contributed by atoms with Crippen LogP contribution in [0.1, 0.15) is 42.4 Å². The van der Waals surface area contributed by atoms with E-state index >= 15 is 0 Å². The summed E-state index contributed by atoms with van der Waals surface area (Å²) in [6.45, 7) is 3.58. The number of carbonyl (C=O) groups is 4. The lowest BCUT2D eigenvalue weighted by molar-refractivity contribution is -0.153. The van der Waals surface area contributed by atoms with Crippen LogP contribution in [0.2, 0.25) is 0 Å². The van der Waals surface area contributed by atoms with Gasteiger partial charge in [0, 0.05) is 38.5 Å². The average Bonchev–Trinajstić information content (AvgIpc) is 3.29. The molecule has 2 atom stereocenters. The van der Waals surface area contributed by atoms with Crippen molar-refractivity contribution in [3.05, 3.63) is 144 Å². The van der Waals surface area contributed by atoms with E-state index in [1.165, 1.54) is 0 Å². The van der Waals surface area contributed by atoms with Gasteiger partial charge < -0.3 is 30.1 Å². The lowest BCUT2D eigenvalue weighted by Gasteiger charge is -2.43. The molecule has 0 saturated carbocycles. The molecular weight excluding hydrogens is 739 g/mol. The van der Waals surface area contributed by atoms with Crippen molar-refractivity contribution in [2.45, 2.75) is 57.3 Å². The van der Waals surface area contributed by atoms with E-state index in [4.69, 9.17) is 4.74 Å². The first kappa shape index (κ1) is 39.8. The van der Waals surface area contributed by atoms with Gasteiger partial charge in [0.05, 0.1) is 6.54 Å². The number of carbonyl (C=O) groups excluding carboxylic acids is 4. The third-order valence-electron chi connectivity index (χ3n) is 12.2. The SMILES string of the molecule is O=C1N[C@@H](Cc2ccc3ccccc3c2)C(=O)N(Cc2ccc(-c3ccccc3)cc2)[C@H]1CN(CC1CCN(C(=O)OCc2ccccc2)CC1)C(=O)C1CCNCC1. The lowest BCUT2D eigenvalue weighted by atomic mass is 9.92. The molecular formula is C49H53N5O5. The van der Waals surface area contributed by atoms with Crippen LogP contribution in [-0.4, -0.2) is 89.9 Å². The van der Waals surface area contributed by atoms with Crippen molar-refractivity contribution in [2.75, 3.05) is 39.3 Å². The number of nitrogens with one attached hydrogen (secondary N) is 2. The van der Waals surface area contributed by atoms with Gasteiger partial charge in [0.25, 0.3) is 0 Å². The summed E-state index contributed by atoms with van der Waals surface area (Å²) in [4.78, 5) is 61.8. The highest BCUT2D eigenvalue weighted by Gasteiger charge is 2.43. The summed E-state index contributed by atoms with van der Waals surface area (Å²) in [7, 11) is 0. The maximum absolute atomic E-state index is 14.7. The third kappa shape index (κ3) is 9.83. The molecule has 0 spiro atoms. The Kier molecular flexibility index (Phi) is 12.6. The molecule has 5 aromatic carbocycles. The van der Waals surface area contributed by atoms with Crippen LogP contribution in [0, 0.1) is 11.8 Å². The number of amides is 4. The molecule has 8 rings (SSSR count). The number of hydrogen-bond acceptors (Lipinski definition) is 6. The van der Waals surface area contributed by atoms with Crippen LogP contribution in [0.5, 0.6) is 0 Å². The van der Waals surface area contributed by atoms with Gasteiger partial charge >= 0.3 is 6.09 Å². The summed E-state index contributed by atoms with van der Waals surface area (Å²) in [5.41, 5.74) is 4.97. The monoisotopic (exact) mass is 791 g/mol. The van der Waals surface area contributed by atoms with E-state index < -0.39 is 12.1 Å². The molecule has 3 aliphatic heterocycles. The number of hydrogen-bond donors (Lipinski definition) is 2. The third-order valence-corrected chi connectivity index (χ3v) is 12.2. The van der Waals surface area contributed by atoms with Crippen molar-refractivity contribution in [3.8, 4) is 11.1 Å². The topological polar surface area (TPSA) is 111 Å². The van der Waals surface area contributed by atoms with Gasteiger partial charge in [-0.05, 0) is 83.3 Å². The standard InChI is InChI=1S/C49H53N5O5/c55-46-45(33-53(47(56)42-21-25-50-26-22-42)31-36-23-27-52(28-24-36)49(58)59-34-37-9-3-1-4-10-37)54(32-35-15-18-41(19-16-35)39-11-5-2-6-12-39)48(57)44(51-46)30-38-17-20-40-13-7-8-14-43(40)29-38/h1-20,29,36,42,44-45,50H,21-28,30-34H2,(H,51,55)/t44-,45-/m0/s1. The van der Waals surface area contributed by atoms with Gasteiger partial charge in [0.15, 0.2) is 0 Å². The maximum Gasteiger partial charge on any atom is 0.410 e. The molecule has 0 radical (unpaired) electrons. The van der Waals surface area contributed by atoms with Crippen LogP contribution in [0.15, 0.2) is 127 Å². The van der Waals surface area contributed by atoms with Crippen LogP contribution in [0.4, 0.5) is 4.79 Å². The summed E-state index contributed by atoms with van der Waals surface area (Å²) in [6.07, 6.45) is 2.88. The van der Waals surface area contributed by atoms with Crippen molar-refractivity contribution >= 4 is 34.6 Å². The van der Waals surface area contributed by atoms with Crippen molar-refractivity contribution in [2.24, 2.45) is 11.8 Å². The van der Waals surface area contributed by atoms with Crippen molar-refractivity contribution < 1.29 is 23.9 Å². The van der Waals surface area contributed by atoms with E-state index in [0.29, 0.717) is 38.9 Å². The quantitative estimate of drug-likeness (QED) is 0.144. The largest absolute Gasteiger partial charge is 0.445 e. The molecule has 0 unspecified atom stereocenters. The molecule has 5 aromatic rings. The van der Waals surface area contributed by atoms with E-state index in [-0.39, 0.29) is 55.3 Å². The zero-order valence-electron chi connectivity index (χ0n) is 33.5. The Labute approximate surface area is 346 Å². The van der Waals surface area contributed by atoms with Gasteiger partial charge in [0.1, 0.15) is 18.7 Å². The first-order valence-corrected chi connectivity index (χ1v) is 21.1. The molecule has 304 valence electrons. The normalized spacial score (nSPS) is 19.1. The fourth-order valence-electron chi connectivity index (χ4n) is 8.77. The second kappa shape index (κ2) is 18.7. The molecule has 0 aliphatic carbocycles. The van der Waals surface area contributed by atoms with Gasteiger partial charge in [-0.25, -0.2) is 4.79 Å². The smallest absolute Gasteiger partial charge is 0.410 e. The van der Waals surface area contributed by atoms with E-state index in [9.17, 15) is 19.2 Å². The molecule has 4 amide bonds. The maximum atomic E-state index is 14.7. The number of likely N-dealkylation sites (tertiary alicyclic amines) is 1. The van der Waals surface area contributed by atoms with Gasteiger partial charge in [-0.2, -0.15) is 0 Å². The Morgan fingerprint density at radius 3 is 2.05 bits per heavy atom. The van der Waals surface area contributed by atoms with E-state index in [2.05, 4.69) is 59.2 Å². The minimum absolute atomic E-state index is 0.0295. The van der Waals surface area contributed by atoms with Crippen molar-refractivity contribution in [1.29, 1.82) is 0 Å². The Morgan fingerprint density at radius 1 is 0.678 bits per heavy atom. The molecule has 2 N–H and O–H groups in total. The number of nitrogens with zero attached hydrogens (tertiary/aromatic N) is 3. The predicted molar refractivity (Wildman–Crippen MR) is 229 cm³/mol. The highest BCUT2D eigenvalue weighted by molar-refractivity contribution is 5.98. The number of benzene rings is 5. The Morgan fingerprint density at radius 2 is 1.32 bits per heavy atom. The van der Waals surface area contributed by atoms with Gasteiger partial charge in [-0.3, -0.25) is 14.4 Å². The van der Waals surface area contributed by atoms with E-state index in [1.807, 2.05) is 83.8 Å². The highest BCUT2D eigenvalue weighted by Crippen LogP contribution is 2.27.